The van der Waals surface area contributed by atoms with Crippen LogP contribution in [0.15, 0.2) is 0 Å². The van der Waals surface area contributed by atoms with Gasteiger partial charge in [-0.2, -0.15) is 0 Å². The van der Waals surface area contributed by atoms with Crippen LogP contribution in [0.25, 0.3) is 0 Å². The topological polar surface area (TPSA) is 18.5 Å². The quantitative estimate of drug-likeness (QED) is 0.812. The lowest BCUT2D eigenvalue weighted by molar-refractivity contribution is 0.00993. The highest BCUT2D eigenvalue weighted by molar-refractivity contribution is 4.93. The molecule has 3 rings (SSSR count). The summed E-state index contributed by atoms with van der Waals surface area (Å²) in [5, 5.41) is 3.67. The average molecular weight is 293 g/mol. The summed E-state index contributed by atoms with van der Waals surface area (Å²) in [4.78, 5) is 5.59. The van der Waals surface area contributed by atoms with Crippen LogP contribution in [0, 0.1) is 11.8 Å². The van der Waals surface area contributed by atoms with Crippen LogP contribution in [0.1, 0.15) is 52.4 Å². The molecule has 3 heteroatoms. The maximum Gasteiger partial charge on any atom is 0.0137 e. The van der Waals surface area contributed by atoms with Crippen molar-refractivity contribution >= 4 is 0 Å². The second-order valence-corrected chi connectivity index (χ2v) is 7.97. The van der Waals surface area contributed by atoms with Gasteiger partial charge in [-0.25, -0.2) is 0 Å². The van der Waals surface area contributed by atoms with Crippen LogP contribution in [0.5, 0.6) is 0 Å². The largest absolute Gasteiger partial charge is 0.316 e. The predicted octanol–water partition coefficient (Wildman–Crippen LogP) is 2.57. The van der Waals surface area contributed by atoms with E-state index in [2.05, 4.69) is 29.0 Å². The summed E-state index contributed by atoms with van der Waals surface area (Å²) >= 11 is 0. The Balaban J connectivity index is 1.38. The van der Waals surface area contributed by atoms with Crippen molar-refractivity contribution in [2.45, 2.75) is 64.5 Å². The lowest BCUT2D eigenvalue weighted by Gasteiger charge is -2.48. The van der Waals surface area contributed by atoms with Gasteiger partial charge in [-0.3, -0.25) is 9.80 Å². The molecule has 1 heterocycles. The van der Waals surface area contributed by atoms with Gasteiger partial charge in [0.05, 0.1) is 0 Å². The van der Waals surface area contributed by atoms with Gasteiger partial charge in [-0.15, -0.1) is 0 Å². The monoisotopic (exact) mass is 293 g/mol. The van der Waals surface area contributed by atoms with Crippen molar-refractivity contribution in [3.8, 4) is 0 Å². The van der Waals surface area contributed by atoms with Gasteiger partial charge >= 0.3 is 0 Å². The molecule has 2 saturated carbocycles. The van der Waals surface area contributed by atoms with Gasteiger partial charge in [0.15, 0.2) is 0 Å². The third-order valence-corrected chi connectivity index (χ3v) is 6.00. The molecule has 2 aliphatic carbocycles. The first-order valence-electron chi connectivity index (χ1n) is 9.43. The number of nitrogens with one attached hydrogen (secondary N) is 1. The van der Waals surface area contributed by atoms with E-state index in [0.29, 0.717) is 0 Å². The molecule has 1 aliphatic heterocycles. The smallest absolute Gasteiger partial charge is 0.0137 e. The summed E-state index contributed by atoms with van der Waals surface area (Å²) < 4.78 is 0. The maximum atomic E-state index is 3.67. The first-order chi connectivity index (χ1) is 10.2. The fourth-order valence-electron chi connectivity index (χ4n) is 4.53. The zero-order valence-corrected chi connectivity index (χ0v) is 14.2. The molecular weight excluding hydrogens is 258 g/mol. The second-order valence-electron chi connectivity index (χ2n) is 7.97. The summed E-state index contributed by atoms with van der Waals surface area (Å²) in [5.74, 6) is 1.69. The number of rotatable bonds is 6. The molecule has 0 aromatic rings. The van der Waals surface area contributed by atoms with E-state index in [0.717, 1.165) is 23.9 Å². The van der Waals surface area contributed by atoms with Gasteiger partial charge < -0.3 is 5.32 Å². The molecule has 2 atom stereocenters. The van der Waals surface area contributed by atoms with E-state index >= 15 is 0 Å². The van der Waals surface area contributed by atoms with E-state index in [4.69, 9.17) is 0 Å². The third kappa shape index (κ3) is 4.00. The van der Waals surface area contributed by atoms with Gasteiger partial charge in [0, 0.05) is 38.3 Å². The molecule has 1 N–H and O–H groups in total. The number of nitrogens with zero attached hydrogens (tertiary/aromatic N) is 2. The van der Waals surface area contributed by atoms with Gasteiger partial charge in [-0.1, -0.05) is 26.7 Å². The van der Waals surface area contributed by atoms with Gasteiger partial charge in [0.2, 0.25) is 0 Å². The Morgan fingerprint density at radius 2 is 1.57 bits per heavy atom. The summed E-state index contributed by atoms with van der Waals surface area (Å²) in [6.45, 7) is 12.3. The van der Waals surface area contributed by atoms with E-state index in [1.165, 1.54) is 77.8 Å². The highest BCUT2D eigenvalue weighted by Gasteiger charge is 2.37. The molecule has 1 saturated heterocycles. The Hall–Kier alpha value is -0.120. The van der Waals surface area contributed by atoms with Crippen molar-refractivity contribution in [1.29, 1.82) is 0 Å². The first kappa shape index (κ1) is 15.8. The van der Waals surface area contributed by atoms with Gasteiger partial charge in [-0.05, 0) is 50.6 Å². The lowest BCUT2D eigenvalue weighted by atomic mass is 9.78. The molecular formula is C18H35N3. The van der Waals surface area contributed by atoms with Crippen molar-refractivity contribution in [3.05, 3.63) is 0 Å². The molecule has 122 valence electrons. The SMILES string of the molecule is CC(C)CNCC1CCC1N1CCN(C2CCCC2)CC1. The molecule has 3 fully saturated rings. The minimum atomic E-state index is 0.776. The van der Waals surface area contributed by atoms with Crippen LogP contribution in [0.2, 0.25) is 0 Å². The number of hydrogen-bond donors (Lipinski definition) is 1. The fraction of sp³-hybridized carbons (Fsp3) is 1.00. The van der Waals surface area contributed by atoms with Gasteiger partial charge in [0.25, 0.3) is 0 Å². The highest BCUT2D eigenvalue weighted by atomic mass is 15.3. The van der Waals surface area contributed by atoms with Crippen molar-refractivity contribution in [2.75, 3.05) is 39.3 Å². The standard InChI is InChI=1S/C18H35N3/c1-15(2)13-19-14-16-7-8-18(16)21-11-9-20(10-12-21)17-5-3-4-6-17/h15-19H,3-14H2,1-2H3. The molecule has 0 aromatic heterocycles. The molecule has 3 nitrogen and oxygen atoms in total. The molecule has 2 unspecified atom stereocenters. The maximum absolute atomic E-state index is 3.67. The van der Waals surface area contributed by atoms with E-state index in [1.807, 2.05) is 0 Å². The first-order valence-corrected chi connectivity index (χ1v) is 9.43. The van der Waals surface area contributed by atoms with Crippen LogP contribution in [0.3, 0.4) is 0 Å². The fourth-order valence-corrected chi connectivity index (χ4v) is 4.53. The zero-order chi connectivity index (χ0) is 14.7. The molecule has 0 amide bonds. The molecule has 0 bridgehead atoms. The minimum Gasteiger partial charge on any atom is -0.316 e. The van der Waals surface area contributed by atoms with E-state index in [-0.39, 0.29) is 0 Å². The van der Waals surface area contributed by atoms with Crippen molar-refractivity contribution in [1.82, 2.24) is 15.1 Å². The van der Waals surface area contributed by atoms with E-state index < -0.39 is 0 Å². The highest BCUT2D eigenvalue weighted by Crippen LogP contribution is 2.33. The summed E-state index contributed by atoms with van der Waals surface area (Å²) in [5.41, 5.74) is 0. The number of piperazine rings is 1. The normalized spacial score (nSPS) is 32.7. The van der Waals surface area contributed by atoms with E-state index in [9.17, 15) is 0 Å². The Kier molecular flexibility index (Phi) is 5.58. The van der Waals surface area contributed by atoms with Crippen LogP contribution in [-0.2, 0) is 0 Å². The van der Waals surface area contributed by atoms with Crippen molar-refractivity contribution in [2.24, 2.45) is 11.8 Å². The van der Waals surface area contributed by atoms with Gasteiger partial charge in [0.1, 0.15) is 0 Å². The number of hydrogen-bond acceptors (Lipinski definition) is 3. The van der Waals surface area contributed by atoms with Crippen LogP contribution in [0.4, 0.5) is 0 Å². The van der Waals surface area contributed by atoms with Crippen LogP contribution in [-0.4, -0.2) is 61.2 Å². The Morgan fingerprint density at radius 3 is 2.14 bits per heavy atom. The van der Waals surface area contributed by atoms with Crippen molar-refractivity contribution < 1.29 is 0 Å². The lowest BCUT2D eigenvalue weighted by Crippen LogP contribution is -2.58. The van der Waals surface area contributed by atoms with Crippen LogP contribution >= 0.6 is 0 Å². The Labute approximate surface area is 131 Å². The third-order valence-electron chi connectivity index (χ3n) is 6.00. The summed E-state index contributed by atoms with van der Waals surface area (Å²) in [7, 11) is 0. The Bertz CT molecular complexity index is 304. The molecule has 0 aromatic carbocycles. The summed E-state index contributed by atoms with van der Waals surface area (Å²) in [6, 6.07) is 1.81. The Morgan fingerprint density at radius 1 is 0.905 bits per heavy atom. The zero-order valence-electron chi connectivity index (χ0n) is 14.2. The molecule has 0 radical (unpaired) electrons. The molecule has 21 heavy (non-hydrogen) atoms. The molecule has 3 aliphatic rings. The van der Waals surface area contributed by atoms with E-state index in [1.54, 1.807) is 0 Å². The second kappa shape index (κ2) is 7.43. The summed E-state index contributed by atoms with van der Waals surface area (Å²) in [6.07, 6.45) is 8.75. The van der Waals surface area contributed by atoms with Crippen LogP contribution < -0.4 is 5.32 Å². The minimum absolute atomic E-state index is 0.776. The molecule has 0 spiro atoms. The predicted molar refractivity (Wildman–Crippen MR) is 89.6 cm³/mol. The van der Waals surface area contributed by atoms with Crippen molar-refractivity contribution in [3.63, 3.8) is 0 Å². The average Bonchev–Trinajstić information content (AvgIpc) is 2.97.